The molecule has 0 aliphatic rings. The van der Waals surface area contributed by atoms with E-state index in [1.807, 2.05) is 54.6 Å². The maximum atomic E-state index is 10.7. The van der Waals surface area contributed by atoms with Crippen LogP contribution in [0.25, 0.3) is 22.2 Å². The van der Waals surface area contributed by atoms with Crippen LogP contribution in [-0.4, -0.2) is 16.1 Å². The molecule has 0 spiro atoms. The van der Waals surface area contributed by atoms with Crippen LogP contribution in [0.5, 0.6) is 0 Å². The molecule has 0 atom stereocenters. The molecule has 0 radical (unpaired) electrons. The number of rotatable bonds is 5. The molecule has 3 rings (SSSR count). The predicted molar refractivity (Wildman–Crippen MR) is 87.8 cm³/mol. The number of aryl methyl sites for hydroxylation is 1. The third kappa shape index (κ3) is 3.14. The average molecular weight is 291 g/mol. The topological polar surface area (TPSA) is 50.2 Å². The number of carboxylic acids is 1. The molecule has 0 unspecified atom stereocenters. The Balaban J connectivity index is 2.02. The second-order valence-corrected chi connectivity index (χ2v) is 5.30. The number of carbonyl (C=O) groups is 1. The van der Waals surface area contributed by atoms with Gasteiger partial charge in [-0.05, 0) is 30.5 Å². The summed E-state index contributed by atoms with van der Waals surface area (Å²) < 4.78 is 0. The van der Waals surface area contributed by atoms with Crippen LogP contribution in [0.1, 0.15) is 18.4 Å². The number of nitrogens with zero attached hydrogens (tertiary/aromatic N) is 1. The van der Waals surface area contributed by atoms with Crippen LogP contribution in [0.4, 0.5) is 0 Å². The summed E-state index contributed by atoms with van der Waals surface area (Å²) in [5.74, 6) is -0.748. The number of para-hydroxylation sites is 1. The molecule has 3 nitrogen and oxygen atoms in total. The fraction of sp³-hybridized carbons (Fsp3) is 0.158. The van der Waals surface area contributed by atoms with Crippen molar-refractivity contribution in [2.24, 2.45) is 0 Å². The smallest absolute Gasteiger partial charge is 0.303 e. The SMILES string of the molecule is O=C(O)CCCc1cc(-c2ccccc2)nc2ccccc12. The molecule has 22 heavy (non-hydrogen) atoms. The molecule has 1 heterocycles. The summed E-state index contributed by atoms with van der Waals surface area (Å²) in [6, 6.07) is 20.2. The summed E-state index contributed by atoms with van der Waals surface area (Å²) in [5, 5.41) is 9.93. The first-order chi connectivity index (χ1) is 10.7. The van der Waals surface area contributed by atoms with Gasteiger partial charge in [0.15, 0.2) is 0 Å². The van der Waals surface area contributed by atoms with Crippen LogP contribution in [-0.2, 0) is 11.2 Å². The van der Waals surface area contributed by atoms with E-state index in [1.165, 1.54) is 0 Å². The fourth-order valence-electron chi connectivity index (χ4n) is 2.64. The molecular formula is C19H17NO2. The Morgan fingerprint density at radius 3 is 2.50 bits per heavy atom. The Kier molecular flexibility index (Phi) is 4.15. The first-order valence-corrected chi connectivity index (χ1v) is 7.40. The van der Waals surface area contributed by atoms with E-state index in [4.69, 9.17) is 10.1 Å². The minimum absolute atomic E-state index is 0.192. The van der Waals surface area contributed by atoms with Gasteiger partial charge in [-0.2, -0.15) is 0 Å². The highest BCUT2D eigenvalue weighted by Gasteiger charge is 2.08. The molecule has 1 N–H and O–H groups in total. The maximum Gasteiger partial charge on any atom is 0.303 e. The summed E-state index contributed by atoms with van der Waals surface area (Å²) in [5.41, 5.74) is 4.12. The van der Waals surface area contributed by atoms with Crippen molar-refractivity contribution in [3.63, 3.8) is 0 Å². The molecule has 2 aromatic carbocycles. The highest BCUT2D eigenvalue weighted by Crippen LogP contribution is 2.25. The minimum Gasteiger partial charge on any atom is -0.481 e. The summed E-state index contributed by atoms with van der Waals surface area (Å²) in [6.45, 7) is 0. The molecule has 0 aliphatic carbocycles. The highest BCUT2D eigenvalue weighted by atomic mass is 16.4. The Morgan fingerprint density at radius 1 is 1.00 bits per heavy atom. The van der Waals surface area contributed by atoms with Crippen LogP contribution in [0, 0.1) is 0 Å². The van der Waals surface area contributed by atoms with Crippen molar-refractivity contribution in [2.45, 2.75) is 19.3 Å². The number of hydrogen-bond acceptors (Lipinski definition) is 2. The van der Waals surface area contributed by atoms with E-state index < -0.39 is 5.97 Å². The third-order valence-corrected chi connectivity index (χ3v) is 3.71. The number of benzene rings is 2. The van der Waals surface area contributed by atoms with Crippen molar-refractivity contribution in [1.29, 1.82) is 0 Å². The van der Waals surface area contributed by atoms with Crippen molar-refractivity contribution in [3.05, 3.63) is 66.2 Å². The van der Waals surface area contributed by atoms with Gasteiger partial charge in [0.05, 0.1) is 11.2 Å². The van der Waals surface area contributed by atoms with Gasteiger partial charge < -0.3 is 5.11 Å². The normalized spacial score (nSPS) is 10.7. The van der Waals surface area contributed by atoms with Crippen molar-refractivity contribution >= 4 is 16.9 Å². The monoisotopic (exact) mass is 291 g/mol. The Labute approximate surface area is 129 Å². The van der Waals surface area contributed by atoms with Crippen LogP contribution in [0.2, 0.25) is 0 Å². The zero-order valence-corrected chi connectivity index (χ0v) is 12.2. The van der Waals surface area contributed by atoms with E-state index in [-0.39, 0.29) is 6.42 Å². The number of hydrogen-bond donors (Lipinski definition) is 1. The molecule has 1 aromatic heterocycles. The van der Waals surface area contributed by atoms with Crippen molar-refractivity contribution in [1.82, 2.24) is 4.98 Å². The average Bonchev–Trinajstić information content (AvgIpc) is 2.55. The first-order valence-electron chi connectivity index (χ1n) is 7.40. The molecule has 3 aromatic rings. The Bertz CT molecular complexity index is 797. The lowest BCUT2D eigenvalue weighted by molar-refractivity contribution is -0.137. The van der Waals surface area contributed by atoms with Crippen LogP contribution < -0.4 is 0 Å². The van der Waals surface area contributed by atoms with Gasteiger partial charge in [-0.1, -0.05) is 48.5 Å². The zero-order chi connectivity index (χ0) is 15.4. The lowest BCUT2D eigenvalue weighted by atomic mass is 10.00. The van der Waals surface area contributed by atoms with Crippen molar-refractivity contribution < 1.29 is 9.90 Å². The summed E-state index contributed by atoms with van der Waals surface area (Å²) in [7, 11) is 0. The molecule has 3 heteroatoms. The van der Waals surface area contributed by atoms with Crippen LogP contribution >= 0.6 is 0 Å². The molecule has 0 saturated carbocycles. The van der Waals surface area contributed by atoms with Crippen molar-refractivity contribution in [3.8, 4) is 11.3 Å². The van der Waals surface area contributed by atoms with E-state index in [9.17, 15) is 4.79 Å². The summed E-state index contributed by atoms with van der Waals surface area (Å²) >= 11 is 0. The number of fused-ring (bicyclic) bond motifs is 1. The van der Waals surface area contributed by atoms with Gasteiger partial charge in [0.2, 0.25) is 0 Å². The first kappa shape index (κ1) is 14.3. The lowest BCUT2D eigenvalue weighted by Gasteiger charge is -2.09. The van der Waals surface area contributed by atoms with E-state index in [0.29, 0.717) is 6.42 Å². The van der Waals surface area contributed by atoms with Gasteiger partial charge in [0, 0.05) is 17.4 Å². The maximum absolute atomic E-state index is 10.7. The molecule has 0 bridgehead atoms. The van der Waals surface area contributed by atoms with Crippen molar-refractivity contribution in [2.75, 3.05) is 0 Å². The summed E-state index contributed by atoms with van der Waals surface area (Å²) in [6.07, 6.45) is 1.57. The second kappa shape index (κ2) is 6.39. The van der Waals surface area contributed by atoms with Gasteiger partial charge in [-0.3, -0.25) is 4.79 Å². The zero-order valence-electron chi connectivity index (χ0n) is 12.2. The molecule has 0 aliphatic heterocycles. The molecule has 0 fully saturated rings. The van der Waals surface area contributed by atoms with Crippen LogP contribution in [0.3, 0.4) is 0 Å². The molecule has 0 amide bonds. The highest BCUT2D eigenvalue weighted by molar-refractivity contribution is 5.85. The van der Waals surface area contributed by atoms with E-state index in [1.54, 1.807) is 0 Å². The van der Waals surface area contributed by atoms with E-state index in [2.05, 4.69) is 6.07 Å². The van der Waals surface area contributed by atoms with E-state index >= 15 is 0 Å². The van der Waals surface area contributed by atoms with Gasteiger partial charge in [-0.15, -0.1) is 0 Å². The second-order valence-electron chi connectivity index (χ2n) is 5.30. The minimum atomic E-state index is -0.748. The standard InChI is InChI=1S/C19H17NO2/c21-19(22)12-6-9-15-13-18(14-7-2-1-3-8-14)20-17-11-5-4-10-16(15)17/h1-5,7-8,10-11,13H,6,9,12H2,(H,21,22). The Morgan fingerprint density at radius 2 is 1.73 bits per heavy atom. The van der Waals surface area contributed by atoms with Crippen LogP contribution in [0.15, 0.2) is 60.7 Å². The summed E-state index contributed by atoms with van der Waals surface area (Å²) in [4.78, 5) is 15.5. The number of aromatic nitrogens is 1. The van der Waals surface area contributed by atoms with Gasteiger partial charge >= 0.3 is 5.97 Å². The third-order valence-electron chi connectivity index (χ3n) is 3.71. The van der Waals surface area contributed by atoms with Gasteiger partial charge in [0.1, 0.15) is 0 Å². The quantitative estimate of drug-likeness (QED) is 0.762. The molecular weight excluding hydrogens is 274 g/mol. The van der Waals surface area contributed by atoms with Gasteiger partial charge in [0.25, 0.3) is 0 Å². The van der Waals surface area contributed by atoms with Gasteiger partial charge in [-0.25, -0.2) is 4.98 Å². The number of pyridine rings is 1. The molecule has 110 valence electrons. The lowest BCUT2D eigenvalue weighted by Crippen LogP contribution is -1.98. The number of carboxylic acid groups (broad SMARTS) is 1. The number of aliphatic carboxylic acids is 1. The predicted octanol–water partition coefficient (Wildman–Crippen LogP) is 4.31. The fourth-order valence-corrected chi connectivity index (χ4v) is 2.64. The largest absolute Gasteiger partial charge is 0.481 e. The Hall–Kier alpha value is -2.68. The van der Waals surface area contributed by atoms with E-state index in [0.717, 1.165) is 34.1 Å². The molecule has 0 saturated heterocycles.